The highest BCUT2D eigenvalue weighted by Crippen LogP contribution is 2.28. The highest BCUT2D eigenvalue weighted by atomic mass is 32.2. The average molecular weight is 351 g/mol. The molecule has 1 heterocycles. The first kappa shape index (κ1) is 17.9. The summed E-state index contributed by atoms with van der Waals surface area (Å²) < 4.78 is 0.875. The zero-order valence-electron chi connectivity index (χ0n) is 13.8. The molecule has 0 saturated carbocycles. The van der Waals surface area contributed by atoms with Crippen LogP contribution in [0.4, 0.5) is 5.13 Å². The van der Waals surface area contributed by atoms with Crippen LogP contribution in [0.2, 0.25) is 0 Å². The van der Waals surface area contributed by atoms with E-state index in [1.807, 2.05) is 49.3 Å². The standard InChI is InChI=1S/C16H22N4OS2/c1-11(2)22-16-19-18-15(23-16)17-14(21)13(20(3)4)10-12-8-6-5-7-9-12/h5-9,11,13H,10H2,1-4H3,(H,17,18,21). The van der Waals surface area contributed by atoms with E-state index in [4.69, 9.17) is 0 Å². The van der Waals surface area contributed by atoms with Crippen LogP contribution in [-0.4, -0.2) is 46.4 Å². The fraction of sp³-hybridized carbons (Fsp3) is 0.438. The van der Waals surface area contributed by atoms with Crippen molar-refractivity contribution in [3.05, 3.63) is 35.9 Å². The molecule has 0 spiro atoms. The molecule has 0 fully saturated rings. The van der Waals surface area contributed by atoms with Crippen LogP contribution in [0.15, 0.2) is 34.7 Å². The Morgan fingerprint density at radius 3 is 2.57 bits per heavy atom. The molecule has 0 bridgehead atoms. The van der Waals surface area contributed by atoms with Crippen LogP contribution >= 0.6 is 23.1 Å². The second-order valence-electron chi connectivity index (χ2n) is 5.70. The van der Waals surface area contributed by atoms with E-state index in [2.05, 4.69) is 29.4 Å². The minimum atomic E-state index is -0.248. The van der Waals surface area contributed by atoms with Gasteiger partial charge in [0.05, 0.1) is 6.04 Å². The molecular weight excluding hydrogens is 328 g/mol. The quantitative estimate of drug-likeness (QED) is 0.614. The first-order chi connectivity index (χ1) is 11.0. The second-order valence-corrected chi connectivity index (χ2v) is 8.50. The predicted octanol–water partition coefficient (Wildman–Crippen LogP) is 3.15. The van der Waals surface area contributed by atoms with Crippen molar-refractivity contribution < 1.29 is 4.79 Å². The van der Waals surface area contributed by atoms with Crippen LogP contribution in [0.25, 0.3) is 0 Å². The number of thioether (sulfide) groups is 1. The molecule has 23 heavy (non-hydrogen) atoms. The van der Waals surface area contributed by atoms with E-state index in [9.17, 15) is 4.79 Å². The monoisotopic (exact) mass is 350 g/mol. The zero-order chi connectivity index (χ0) is 16.8. The number of nitrogens with one attached hydrogen (secondary N) is 1. The van der Waals surface area contributed by atoms with Crippen molar-refractivity contribution in [3.63, 3.8) is 0 Å². The molecule has 1 aromatic heterocycles. The molecule has 1 aromatic carbocycles. The van der Waals surface area contributed by atoms with Crippen LogP contribution in [0.5, 0.6) is 0 Å². The maximum absolute atomic E-state index is 12.6. The third-order valence-corrected chi connectivity index (χ3v) is 5.10. The summed E-state index contributed by atoms with van der Waals surface area (Å²) in [6, 6.07) is 9.77. The molecular formula is C16H22N4OS2. The molecule has 1 N–H and O–H groups in total. The smallest absolute Gasteiger partial charge is 0.243 e. The second kappa shape index (κ2) is 8.42. The van der Waals surface area contributed by atoms with Gasteiger partial charge in [-0.2, -0.15) is 0 Å². The molecule has 1 unspecified atom stereocenters. The largest absolute Gasteiger partial charge is 0.299 e. The molecule has 2 aromatic rings. The molecule has 124 valence electrons. The molecule has 7 heteroatoms. The Balaban J connectivity index is 2.02. The van der Waals surface area contributed by atoms with Gasteiger partial charge in [-0.3, -0.25) is 15.0 Å². The summed E-state index contributed by atoms with van der Waals surface area (Å²) in [5.74, 6) is -0.0592. The number of hydrogen-bond donors (Lipinski definition) is 1. The van der Waals surface area contributed by atoms with Gasteiger partial charge in [0.25, 0.3) is 0 Å². The lowest BCUT2D eigenvalue weighted by atomic mass is 10.0. The van der Waals surface area contributed by atoms with Crippen molar-refractivity contribution in [3.8, 4) is 0 Å². The van der Waals surface area contributed by atoms with Crippen molar-refractivity contribution >= 4 is 34.1 Å². The van der Waals surface area contributed by atoms with Crippen LogP contribution in [0.3, 0.4) is 0 Å². The maximum Gasteiger partial charge on any atom is 0.243 e. The van der Waals surface area contributed by atoms with Crippen molar-refractivity contribution in [2.45, 2.75) is 35.9 Å². The number of anilines is 1. The van der Waals surface area contributed by atoms with Gasteiger partial charge in [-0.1, -0.05) is 67.3 Å². The molecule has 5 nitrogen and oxygen atoms in total. The highest BCUT2D eigenvalue weighted by Gasteiger charge is 2.22. The van der Waals surface area contributed by atoms with Crippen molar-refractivity contribution in [1.82, 2.24) is 15.1 Å². The Labute approximate surface area is 145 Å². The van der Waals surface area contributed by atoms with Gasteiger partial charge in [0, 0.05) is 5.25 Å². The molecule has 1 atom stereocenters. The molecule has 0 aliphatic rings. The average Bonchev–Trinajstić information content (AvgIpc) is 2.91. The Kier molecular flexibility index (Phi) is 6.56. The molecule has 0 aliphatic carbocycles. The SMILES string of the molecule is CC(C)Sc1nnc(NC(=O)C(Cc2ccccc2)N(C)C)s1. The number of carbonyl (C=O) groups excluding carboxylic acids is 1. The lowest BCUT2D eigenvalue weighted by Crippen LogP contribution is -2.41. The maximum atomic E-state index is 12.6. The number of rotatable bonds is 7. The number of carbonyl (C=O) groups is 1. The first-order valence-corrected chi connectivity index (χ1v) is 9.16. The fourth-order valence-electron chi connectivity index (χ4n) is 2.05. The van der Waals surface area contributed by atoms with Crippen LogP contribution < -0.4 is 5.32 Å². The van der Waals surface area contributed by atoms with Crippen LogP contribution in [0, 0.1) is 0 Å². The third kappa shape index (κ3) is 5.60. The molecule has 1 amide bonds. The summed E-state index contributed by atoms with van der Waals surface area (Å²) in [7, 11) is 3.82. The van der Waals surface area contributed by atoms with E-state index in [0.717, 1.165) is 9.90 Å². The van der Waals surface area contributed by atoms with Gasteiger partial charge < -0.3 is 0 Å². The van der Waals surface area contributed by atoms with E-state index in [1.54, 1.807) is 11.8 Å². The summed E-state index contributed by atoms with van der Waals surface area (Å²) >= 11 is 3.06. The molecule has 0 radical (unpaired) electrons. The van der Waals surface area contributed by atoms with Gasteiger partial charge in [0.15, 0.2) is 4.34 Å². The normalized spacial score (nSPS) is 12.6. The summed E-state index contributed by atoms with van der Waals surface area (Å²) in [5.41, 5.74) is 1.13. The van der Waals surface area contributed by atoms with Gasteiger partial charge in [0.2, 0.25) is 11.0 Å². The minimum Gasteiger partial charge on any atom is -0.299 e. The number of likely N-dealkylation sites (N-methyl/N-ethyl adjacent to an activating group) is 1. The van der Waals surface area contributed by atoms with Crippen molar-refractivity contribution in [2.24, 2.45) is 0 Å². The Hall–Kier alpha value is -1.44. The number of aromatic nitrogens is 2. The molecule has 0 aliphatic heterocycles. The number of hydrogen-bond acceptors (Lipinski definition) is 6. The Morgan fingerprint density at radius 2 is 1.96 bits per heavy atom. The topological polar surface area (TPSA) is 58.1 Å². The van der Waals surface area contributed by atoms with Crippen molar-refractivity contribution in [1.29, 1.82) is 0 Å². The Bertz CT molecular complexity index is 628. The van der Waals surface area contributed by atoms with E-state index >= 15 is 0 Å². The lowest BCUT2D eigenvalue weighted by molar-refractivity contribution is -0.120. The fourth-order valence-corrected chi connectivity index (χ4v) is 4.02. The van der Waals surface area contributed by atoms with Crippen molar-refractivity contribution in [2.75, 3.05) is 19.4 Å². The summed E-state index contributed by atoms with van der Waals surface area (Å²) in [6.07, 6.45) is 0.659. The van der Waals surface area contributed by atoms with Crippen LogP contribution in [0.1, 0.15) is 19.4 Å². The number of benzene rings is 1. The third-order valence-electron chi connectivity index (χ3n) is 3.17. The van der Waals surface area contributed by atoms with E-state index in [1.165, 1.54) is 11.3 Å². The Morgan fingerprint density at radius 1 is 1.26 bits per heavy atom. The predicted molar refractivity (Wildman–Crippen MR) is 97.2 cm³/mol. The van der Waals surface area contributed by atoms with Gasteiger partial charge in [-0.05, 0) is 26.1 Å². The van der Waals surface area contributed by atoms with E-state index < -0.39 is 0 Å². The number of nitrogens with zero attached hydrogens (tertiary/aromatic N) is 3. The van der Waals surface area contributed by atoms with Gasteiger partial charge in [-0.15, -0.1) is 10.2 Å². The first-order valence-electron chi connectivity index (χ1n) is 7.47. The van der Waals surface area contributed by atoms with Gasteiger partial charge >= 0.3 is 0 Å². The minimum absolute atomic E-state index is 0.0592. The van der Waals surface area contributed by atoms with E-state index in [-0.39, 0.29) is 11.9 Å². The van der Waals surface area contributed by atoms with E-state index in [0.29, 0.717) is 16.8 Å². The lowest BCUT2D eigenvalue weighted by Gasteiger charge is -2.22. The summed E-state index contributed by atoms with van der Waals surface area (Å²) in [6.45, 7) is 4.21. The zero-order valence-corrected chi connectivity index (χ0v) is 15.4. The molecule has 0 saturated heterocycles. The summed E-state index contributed by atoms with van der Waals surface area (Å²) in [5, 5.41) is 12.0. The van der Waals surface area contributed by atoms with Crippen LogP contribution in [-0.2, 0) is 11.2 Å². The number of amides is 1. The highest BCUT2D eigenvalue weighted by molar-refractivity contribution is 8.01. The summed E-state index contributed by atoms with van der Waals surface area (Å²) in [4.78, 5) is 14.5. The van der Waals surface area contributed by atoms with Gasteiger partial charge in [-0.25, -0.2) is 0 Å². The van der Waals surface area contributed by atoms with Gasteiger partial charge in [0.1, 0.15) is 0 Å². The molecule has 2 rings (SSSR count).